The quantitative estimate of drug-likeness (QED) is 0.602. The van der Waals surface area contributed by atoms with Gasteiger partial charge in [0, 0.05) is 0 Å². The van der Waals surface area contributed by atoms with E-state index in [0.29, 0.717) is 5.41 Å². The largest absolute Gasteiger partial charge is 0.0649 e. The molecule has 8 atom stereocenters. The zero-order chi connectivity index (χ0) is 12.7. The molecule has 0 heteroatoms. The summed E-state index contributed by atoms with van der Waals surface area (Å²) < 4.78 is 0. The minimum Gasteiger partial charge on any atom is -0.0649 e. The van der Waals surface area contributed by atoms with Crippen LogP contribution in [-0.4, -0.2) is 0 Å². The minimum atomic E-state index is 0.607. The Hall–Kier alpha value is 0. The lowest BCUT2D eigenvalue weighted by Gasteiger charge is -2.46. The van der Waals surface area contributed by atoms with Crippen LogP contribution in [0.25, 0.3) is 0 Å². The number of fused-ring (bicyclic) bond motifs is 9. The maximum atomic E-state index is 2.55. The van der Waals surface area contributed by atoms with Gasteiger partial charge in [-0.3, -0.25) is 0 Å². The van der Waals surface area contributed by atoms with Crippen molar-refractivity contribution in [2.75, 3.05) is 0 Å². The van der Waals surface area contributed by atoms with Gasteiger partial charge < -0.3 is 0 Å². The van der Waals surface area contributed by atoms with Crippen molar-refractivity contribution in [1.82, 2.24) is 0 Å². The topological polar surface area (TPSA) is 0 Å². The van der Waals surface area contributed by atoms with E-state index in [1.165, 1.54) is 12.3 Å². The van der Waals surface area contributed by atoms with Crippen LogP contribution in [0.15, 0.2) is 0 Å². The highest BCUT2D eigenvalue weighted by Crippen LogP contribution is 2.71. The van der Waals surface area contributed by atoms with Crippen LogP contribution in [0.3, 0.4) is 0 Å². The van der Waals surface area contributed by atoms with Crippen molar-refractivity contribution < 1.29 is 0 Å². The monoisotopic (exact) mass is 246 g/mol. The smallest absolute Gasteiger partial charge is 0.0318 e. The molecule has 0 aromatic rings. The van der Waals surface area contributed by atoms with Gasteiger partial charge >= 0.3 is 0 Å². The fourth-order valence-electron chi connectivity index (χ4n) is 7.09. The predicted molar refractivity (Wildman–Crippen MR) is 76.1 cm³/mol. The van der Waals surface area contributed by atoms with Crippen molar-refractivity contribution in [3.8, 4) is 0 Å². The van der Waals surface area contributed by atoms with Gasteiger partial charge in [-0.15, -0.1) is 0 Å². The molecule has 18 heavy (non-hydrogen) atoms. The Morgan fingerprint density at radius 2 is 1.56 bits per heavy atom. The van der Waals surface area contributed by atoms with Crippen LogP contribution in [0.1, 0.15) is 59.8 Å². The Morgan fingerprint density at radius 1 is 0.889 bits per heavy atom. The van der Waals surface area contributed by atoms with Gasteiger partial charge in [0.1, 0.15) is 0 Å². The number of rotatable bonds is 2. The zero-order valence-corrected chi connectivity index (χ0v) is 12.7. The van der Waals surface area contributed by atoms with Crippen LogP contribution in [-0.2, 0) is 0 Å². The van der Waals surface area contributed by atoms with E-state index in [1.807, 2.05) is 0 Å². The first-order chi connectivity index (χ1) is 8.53. The van der Waals surface area contributed by atoms with Crippen LogP contribution < -0.4 is 0 Å². The molecule has 102 valence electrons. The Balaban J connectivity index is 1.63. The molecular weight excluding hydrogens is 216 g/mol. The highest BCUT2D eigenvalue weighted by atomic mass is 14.7. The summed E-state index contributed by atoms with van der Waals surface area (Å²) in [6.45, 7) is 10.0. The molecule has 4 bridgehead atoms. The molecule has 0 aliphatic heterocycles. The molecule has 0 aromatic carbocycles. The third-order valence-corrected chi connectivity index (χ3v) is 8.07. The summed E-state index contributed by atoms with van der Waals surface area (Å²) in [7, 11) is 0. The van der Waals surface area contributed by atoms with Gasteiger partial charge in [0.15, 0.2) is 0 Å². The molecule has 4 saturated carbocycles. The van der Waals surface area contributed by atoms with Gasteiger partial charge in [-0.25, -0.2) is 0 Å². The first-order valence-electron chi connectivity index (χ1n) is 8.53. The average molecular weight is 246 g/mol. The lowest BCUT2D eigenvalue weighted by molar-refractivity contribution is 0.0252. The first kappa shape index (κ1) is 11.8. The molecular formula is C18H30. The van der Waals surface area contributed by atoms with E-state index >= 15 is 0 Å². The van der Waals surface area contributed by atoms with Crippen LogP contribution in [0.5, 0.6) is 0 Å². The van der Waals surface area contributed by atoms with Crippen LogP contribution >= 0.6 is 0 Å². The molecule has 8 unspecified atom stereocenters. The van der Waals surface area contributed by atoms with Gasteiger partial charge in [-0.05, 0) is 78.4 Å². The summed E-state index contributed by atoms with van der Waals surface area (Å²) >= 11 is 0. The van der Waals surface area contributed by atoms with Crippen molar-refractivity contribution in [2.24, 2.45) is 52.8 Å². The average Bonchev–Trinajstić information content (AvgIpc) is 3.04. The lowest BCUT2D eigenvalue weighted by Crippen LogP contribution is -2.40. The van der Waals surface area contributed by atoms with E-state index < -0.39 is 0 Å². The normalized spacial score (nSPS) is 57.3. The van der Waals surface area contributed by atoms with E-state index in [4.69, 9.17) is 0 Å². The summed E-state index contributed by atoms with van der Waals surface area (Å²) in [5, 5.41) is 0. The summed E-state index contributed by atoms with van der Waals surface area (Å²) in [6, 6.07) is 0. The standard InChI is InChI=1S/C18H30/c1-5-18(3,4)15-9-12-8-14(15)17-13-7-11(16(12)17)6-10(13)2/h10-17H,5-9H2,1-4H3. The molecule has 0 spiro atoms. The lowest BCUT2D eigenvalue weighted by atomic mass is 9.59. The van der Waals surface area contributed by atoms with Crippen molar-refractivity contribution in [3.05, 3.63) is 0 Å². The maximum Gasteiger partial charge on any atom is -0.0318 e. The maximum absolute atomic E-state index is 2.55. The van der Waals surface area contributed by atoms with Crippen molar-refractivity contribution in [2.45, 2.75) is 59.8 Å². The molecule has 4 aliphatic rings. The van der Waals surface area contributed by atoms with Crippen molar-refractivity contribution in [3.63, 3.8) is 0 Å². The van der Waals surface area contributed by atoms with Crippen LogP contribution in [0.2, 0.25) is 0 Å². The van der Waals surface area contributed by atoms with E-state index in [9.17, 15) is 0 Å². The first-order valence-corrected chi connectivity index (χ1v) is 8.53. The van der Waals surface area contributed by atoms with Gasteiger partial charge in [0.2, 0.25) is 0 Å². The second-order valence-corrected chi connectivity index (χ2v) is 8.87. The van der Waals surface area contributed by atoms with Gasteiger partial charge in [-0.1, -0.05) is 34.1 Å². The van der Waals surface area contributed by atoms with Crippen molar-refractivity contribution in [1.29, 1.82) is 0 Å². The van der Waals surface area contributed by atoms with Gasteiger partial charge in [-0.2, -0.15) is 0 Å². The number of hydrogen-bond donors (Lipinski definition) is 0. The molecule has 4 rings (SSSR count). The second kappa shape index (κ2) is 3.55. The zero-order valence-electron chi connectivity index (χ0n) is 12.7. The fraction of sp³-hybridized carbons (Fsp3) is 1.00. The molecule has 0 saturated heterocycles. The van der Waals surface area contributed by atoms with Crippen LogP contribution in [0.4, 0.5) is 0 Å². The molecule has 0 nitrogen and oxygen atoms in total. The predicted octanol–water partition coefficient (Wildman–Crippen LogP) is 4.99. The number of hydrogen-bond acceptors (Lipinski definition) is 0. The summed E-state index contributed by atoms with van der Waals surface area (Å²) in [5.74, 6) is 8.99. The molecule has 0 heterocycles. The Morgan fingerprint density at radius 3 is 2.28 bits per heavy atom. The van der Waals surface area contributed by atoms with Gasteiger partial charge in [0.05, 0.1) is 0 Å². The van der Waals surface area contributed by atoms with Gasteiger partial charge in [0.25, 0.3) is 0 Å². The summed E-state index contributed by atoms with van der Waals surface area (Å²) in [4.78, 5) is 0. The van der Waals surface area contributed by atoms with E-state index in [-0.39, 0.29) is 0 Å². The minimum absolute atomic E-state index is 0.607. The molecule has 0 radical (unpaired) electrons. The molecule has 4 aliphatic carbocycles. The van der Waals surface area contributed by atoms with E-state index in [2.05, 4.69) is 27.7 Å². The van der Waals surface area contributed by atoms with Crippen molar-refractivity contribution >= 4 is 0 Å². The highest BCUT2D eigenvalue weighted by molar-refractivity contribution is 5.13. The molecule has 0 aromatic heterocycles. The third-order valence-electron chi connectivity index (χ3n) is 8.07. The Kier molecular flexibility index (Phi) is 2.33. The molecule has 4 fully saturated rings. The van der Waals surface area contributed by atoms with E-state index in [1.54, 1.807) is 25.7 Å². The fourth-order valence-corrected chi connectivity index (χ4v) is 7.09. The molecule has 0 N–H and O–H groups in total. The third kappa shape index (κ3) is 1.28. The van der Waals surface area contributed by atoms with E-state index in [0.717, 1.165) is 41.4 Å². The SMILES string of the molecule is CCC(C)(C)C1CC2CC1C1C3CC(CC3C)C21. The molecule has 0 amide bonds. The summed E-state index contributed by atoms with van der Waals surface area (Å²) in [6.07, 6.45) is 7.77. The van der Waals surface area contributed by atoms with Crippen LogP contribution in [0, 0.1) is 52.8 Å². The Labute approximate surface area is 113 Å². The summed E-state index contributed by atoms with van der Waals surface area (Å²) in [5.41, 5.74) is 0.607. The highest BCUT2D eigenvalue weighted by Gasteiger charge is 2.65. The Bertz CT molecular complexity index is 355. The second-order valence-electron chi connectivity index (χ2n) is 8.87.